The SMILES string of the molecule is CCNC(CC)C(=O)c1ccc2c(c1)CCC(=O)N2C. The highest BCUT2D eigenvalue weighted by molar-refractivity contribution is 6.02. The predicted octanol–water partition coefficient (Wildman–Crippen LogP) is 2.17. The molecule has 1 unspecified atom stereocenters. The van der Waals surface area contributed by atoms with Crippen LogP contribution < -0.4 is 10.2 Å². The Hall–Kier alpha value is -1.68. The summed E-state index contributed by atoms with van der Waals surface area (Å²) in [6, 6.07) is 5.54. The lowest BCUT2D eigenvalue weighted by Crippen LogP contribution is -2.36. The van der Waals surface area contributed by atoms with E-state index in [1.807, 2.05) is 32.0 Å². The van der Waals surface area contributed by atoms with E-state index >= 15 is 0 Å². The molecule has 1 aromatic rings. The van der Waals surface area contributed by atoms with E-state index in [4.69, 9.17) is 0 Å². The van der Waals surface area contributed by atoms with Crippen molar-refractivity contribution in [2.75, 3.05) is 18.5 Å². The Balaban J connectivity index is 2.27. The molecule has 20 heavy (non-hydrogen) atoms. The number of ketones is 1. The fourth-order valence-electron chi connectivity index (χ4n) is 2.68. The van der Waals surface area contributed by atoms with Crippen LogP contribution in [0.1, 0.15) is 42.6 Å². The number of nitrogens with one attached hydrogen (secondary N) is 1. The van der Waals surface area contributed by atoms with Crippen LogP contribution >= 0.6 is 0 Å². The molecule has 1 aromatic carbocycles. The zero-order valence-electron chi connectivity index (χ0n) is 12.4. The first-order valence-electron chi connectivity index (χ1n) is 7.25. The van der Waals surface area contributed by atoms with Gasteiger partial charge in [0.1, 0.15) is 0 Å². The minimum Gasteiger partial charge on any atom is -0.315 e. The largest absolute Gasteiger partial charge is 0.315 e. The summed E-state index contributed by atoms with van der Waals surface area (Å²) in [4.78, 5) is 25.8. The van der Waals surface area contributed by atoms with Gasteiger partial charge < -0.3 is 10.2 Å². The monoisotopic (exact) mass is 274 g/mol. The van der Waals surface area contributed by atoms with Gasteiger partial charge in [-0.2, -0.15) is 0 Å². The Morgan fingerprint density at radius 2 is 2.10 bits per heavy atom. The molecule has 0 saturated carbocycles. The maximum atomic E-state index is 12.5. The molecule has 4 nitrogen and oxygen atoms in total. The second-order valence-electron chi connectivity index (χ2n) is 5.18. The van der Waals surface area contributed by atoms with Crippen molar-refractivity contribution in [3.8, 4) is 0 Å². The highest BCUT2D eigenvalue weighted by Crippen LogP contribution is 2.28. The summed E-state index contributed by atoms with van der Waals surface area (Å²) < 4.78 is 0. The van der Waals surface area contributed by atoms with E-state index in [1.54, 1.807) is 11.9 Å². The summed E-state index contributed by atoms with van der Waals surface area (Å²) >= 11 is 0. The normalized spacial score (nSPS) is 15.9. The first-order chi connectivity index (χ1) is 9.58. The van der Waals surface area contributed by atoms with Crippen LogP contribution in [0.15, 0.2) is 18.2 Å². The number of hydrogen-bond donors (Lipinski definition) is 1. The number of fused-ring (bicyclic) bond motifs is 1. The van der Waals surface area contributed by atoms with Crippen LogP contribution in [-0.2, 0) is 11.2 Å². The van der Waals surface area contributed by atoms with Crippen molar-refractivity contribution in [3.05, 3.63) is 29.3 Å². The third kappa shape index (κ3) is 2.75. The predicted molar refractivity (Wildman–Crippen MR) is 80.3 cm³/mol. The van der Waals surface area contributed by atoms with E-state index < -0.39 is 0 Å². The Kier molecular flexibility index (Phi) is 4.55. The quantitative estimate of drug-likeness (QED) is 0.837. The Morgan fingerprint density at radius 3 is 2.75 bits per heavy atom. The summed E-state index contributed by atoms with van der Waals surface area (Å²) in [7, 11) is 1.79. The van der Waals surface area contributed by atoms with Crippen molar-refractivity contribution in [1.82, 2.24) is 5.32 Å². The van der Waals surface area contributed by atoms with Gasteiger partial charge in [0.25, 0.3) is 0 Å². The highest BCUT2D eigenvalue weighted by Gasteiger charge is 2.23. The van der Waals surface area contributed by atoms with Gasteiger partial charge in [-0.1, -0.05) is 13.8 Å². The zero-order chi connectivity index (χ0) is 14.7. The molecular weight excluding hydrogens is 252 g/mol. The van der Waals surface area contributed by atoms with Crippen molar-refractivity contribution in [3.63, 3.8) is 0 Å². The molecule has 0 fully saturated rings. The number of anilines is 1. The van der Waals surface area contributed by atoms with E-state index in [-0.39, 0.29) is 17.7 Å². The lowest BCUT2D eigenvalue weighted by molar-refractivity contribution is -0.118. The number of likely N-dealkylation sites (N-methyl/N-ethyl adjacent to an activating group) is 1. The molecular formula is C16H22N2O2. The first-order valence-corrected chi connectivity index (χ1v) is 7.25. The second kappa shape index (κ2) is 6.18. The standard InChI is InChI=1S/C16H22N2O2/c1-4-13(17-5-2)16(20)12-6-8-14-11(10-12)7-9-15(19)18(14)3/h6,8,10,13,17H,4-5,7,9H2,1-3H3. The average molecular weight is 274 g/mol. The minimum atomic E-state index is -0.124. The number of rotatable bonds is 5. The van der Waals surface area contributed by atoms with Gasteiger partial charge in [0.15, 0.2) is 5.78 Å². The molecule has 1 amide bonds. The van der Waals surface area contributed by atoms with Crippen LogP contribution in [0.3, 0.4) is 0 Å². The van der Waals surface area contributed by atoms with Gasteiger partial charge in [0.05, 0.1) is 6.04 Å². The minimum absolute atomic E-state index is 0.124. The third-order valence-electron chi connectivity index (χ3n) is 3.88. The Morgan fingerprint density at radius 1 is 1.35 bits per heavy atom. The smallest absolute Gasteiger partial charge is 0.227 e. The van der Waals surface area contributed by atoms with Crippen LogP contribution in [0.25, 0.3) is 0 Å². The Labute approximate surface area is 120 Å². The lowest BCUT2D eigenvalue weighted by atomic mass is 9.95. The number of aryl methyl sites for hydroxylation is 1. The summed E-state index contributed by atoms with van der Waals surface area (Å²) in [6.45, 7) is 4.80. The van der Waals surface area contributed by atoms with Crippen molar-refractivity contribution in [1.29, 1.82) is 0 Å². The Bertz CT molecular complexity index is 525. The molecule has 1 N–H and O–H groups in total. The molecule has 1 atom stereocenters. The number of benzene rings is 1. The number of amides is 1. The third-order valence-corrected chi connectivity index (χ3v) is 3.88. The fourth-order valence-corrected chi connectivity index (χ4v) is 2.68. The van der Waals surface area contributed by atoms with E-state index in [0.29, 0.717) is 6.42 Å². The molecule has 1 aliphatic heterocycles. The molecule has 2 rings (SSSR count). The molecule has 108 valence electrons. The maximum Gasteiger partial charge on any atom is 0.227 e. The van der Waals surface area contributed by atoms with Crippen LogP contribution in [-0.4, -0.2) is 31.3 Å². The first kappa shape index (κ1) is 14.7. The maximum absolute atomic E-state index is 12.5. The lowest BCUT2D eigenvalue weighted by Gasteiger charge is -2.26. The summed E-state index contributed by atoms with van der Waals surface area (Å²) in [5, 5.41) is 3.21. The number of hydrogen-bond acceptors (Lipinski definition) is 3. The number of Topliss-reactive ketones (excluding diaryl/α,β-unsaturated/α-hetero) is 1. The zero-order valence-corrected chi connectivity index (χ0v) is 12.4. The van der Waals surface area contributed by atoms with Crippen molar-refractivity contribution in [2.45, 2.75) is 39.2 Å². The molecule has 1 heterocycles. The molecule has 4 heteroatoms. The van der Waals surface area contributed by atoms with Crippen LogP contribution in [0.5, 0.6) is 0 Å². The summed E-state index contributed by atoms with van der Waals surface area (Å²) in [6.07, 6.45) is 2.02. The number of nitrogens with zero attached hydrogens (tertiary/aromatic N) is 1. The van der Waals surface area contributed by atoms with Gasteiger partial charge in [0, 0.05) is 24.7 Å². The molecule has 0 aromatic heterocycles. The van der Waals surface area contributed by atoms with E-state index in [0.717, 1.165) is 36.2 Å². The van der Waals surface area contributed by atoms with Gasteiger partial charge in [-0.25, -0.2) is 0 Å². The number of carbonyl (C=O) groups is 2. The fraction of sp³-hybridized carbons (Fsp3) is 0.500. The second-order valence-corrected chi connectivity index (χ2v) is 5.18. The topological polar surface area (TPSA) is 49.4 Å². The van der Waals surface area contributed by atoms with Crippen LogP contribution in [0.4, 0.5) is 5.69 Å². The van der Waals surface area contributed by atoms with E-state index in [1.165, 1.54) is 0 Å². The summed E-state index contributed by atoms with van der Waals surface area (Å²) in [5.74, 6) is 0.271. The van der Waals surface area contributed by atoms with Gasteiger partial charge in [-0.15, -0.1) is 0 Å². The molecule has 1 aliphatic rings. The highest BCUT2D eigenvalue weighted by atomic mass is 16.2. The molecule has 0 radical (unpaired) electrons. The van der Waals surface area contributed by atoms with Gasteiger partial charge >= 0.3 is 0 Å². The number of carbonyl (C=O) groups excluding carboxylic acids is 2. The van der Waals surface area contributed by atoms with Gasteiger partial charge in [-0.05, 0) is 43.1 Å². The summed E-state index contributed by atoms with van der Waals surface area (Å²) in [5.41, 5.74) is 2.75. The van der Waals surface area contributed by atoms with Crippen molar-refractivity contribution >= 4 is 17.4 Å². The van der Waals surface area contributed by atoms with E-state index in [2.05, 4.69) is 5.32 Å². The molecule has 0 aliphatic carbocycles. The van der Waals surface area contributed by atoms with E-state index in [9.17, 15) is 9.59 Å². The van der Waals surface area contributed by atoms with Gasteiger partial charge in [0.2, 0.25) is 5.91 Å². The van der Waals surface area contributed by atoms with Crippen LogP contribution in [0.2, 0.25) is 0 Å². The molecule has 0 bridgehead atoms. The van der Waals surface area contributed by atoms with Crippen molar-refractivity contribution in [2.24, 2.45) is 0 Å². The average Bonchev–Trinajstić information content (AvgIpc) is 2.47. The van der Waals surface area contributed by atoms with Crippen LogP contribution in [0, 0.1) is 0 Å². The molecule has 0 saturated heterocycles. The van der Waals surface area contributed by atoms with Crippen molar-refractivity contribution < 1.29 is 9.59 Å². The molecule has 0 spiro atoms. The van der Waals surface area contributed by atoms with Gasteiger partial charge in [-0.3, -0.25) is 9.59 Å².